The van der Waals surface area contributed by atoms with Gasteiger partial charge in [0.2, 0.25) is 0 Å². The van der Waals surface area contributed by atoms with Crippen LogP contribution in [-0.4, -0.2) is 53.1 Å². The Bertz CT molecular complexity index is 318. The molecule has 0 spiro atoms. The lowest BCUT2D eigenvalue weighted by molar-refractivity contribution is -0.147. The van der Waals surface area contributed by atoms with Crippen LogP contribution >= 0.6 is 0 Å². The fourth-order valence-electron chi connectivity index (χ4n) is 1.13. The third-order valence-corrected chi connectivity index (χ3v) is 2.26. The van der Waals surface area contributed by atoms with Gasteiger partial charge >= 0.3 is 12.0 Å². The second kappa shape index (κ2) is 5.35. The van der Waals surface area contributed by atoms with Crippen LogP contribution in [0.3, 0.4) is 0 Å². The largest absolute Gasteiger partial charge is 0.480 e. The van der Waals surface area contributed by atoms with E-state index in [2.05, 4.69) is 0 Å². The molecule has 0 aromatic carbocycles. The van der Waals surface area contributed by atoms with Crippen LogP contribution in [0.25, 0.3) is 0 Å². The molecule has 0 saturated heterocycles. The van der Waals surface area contributed by atoms with Crippen LogP contribution in [0.15, 0.2) is 0 Å². The van der Waals surface area contributed by atoms with E-state index in [0.717, 1.165) is 0 Å². The van der Waals surface area contributed by atoms with Gasteiger partial charge < -0.3 is 14.9 Å². The van der Waals surface area contributed by atoms with E-state index in [1.165, 1.54) is 23.6 Å². The first-order chi connectivity index (χ1) is 7.25. The molecule has 16 heavy (non-hydrogen) atoms. The van der Waals surface area contributed by atoms with Gasteiger partial charge in [0.25, 0.3) is 0 Å². The maximum atomic E-state index is 11.8. The number of carboxylic acids is 1. The van der Waals surface area contributed by atoms with Crippen molar-refractivity contribution in [2.45, 2.75) is 25.8 Å². The van der Waals surface area contributed by atoms with E-state index in [9.17, 15) is 9.59 Å². The summed E-state index contributed by atoms with van der Waals surface area (Å²) in [5.41, 5.74) is -1.32. The zero-order chi connectivity index (χ0) is 12.9. The summed E-state index contributed by atoms with van der Waals surface area (Å²) in [6.45, 7) is 2.98. The molecular formula is C10H17N3O3. The molecule has 0 aliphatic heterocycles. The van der Waals surface area contributed by atoms with Crippen molar-refractivity contribution >= 4 is 12.0 Å². The van der Waals surface area contributed by atoms with E-state index in [0.29, 0.717) is 0 Å². The van der Waals surface area contributed by atoms with Gasteiger partial charge in [-0.1, -0.05) is 0 Å². The Kier molecular flexibility index (Phi) is 4.76. The summed E-state index contributed by atoms with van der Waals surface area (Å²) in [6.07, 6.45) is 0.107. The van der Waals surface area contributed by atoms with Gasteiger partial charge in [-0.25, -0.2) is 9.59 Å². The molecule has 0 aromatic rings. The van der Waals surface area contributed by atoms with Crippen molar-refractivity contribution in [3.8, 4) is 6.07 Å². The predicted octanol–water partition coefficient (Wildman–Crippen LogP) is 0.747. The van der Waals surface area contributed by atoms with E-state index in [4.69, 9.17) is 10.4 Å². The SMILES string of the molecule is CN(C)C(=O)N(CCC#N)C(C)(C)C(=O)O. The van der Waals surface area contributed by atoms with Crippen molar-refractivity contribution in [3.63, 3.8) is 0 Å². The fourth-order valence-corrected chi connectivity index (χ4v) is 1.13. The average molecular weight is 227 g/mol. The molecule has 90 valence electrons. The summed E-state index contributed by atoms with van der Waals surface area (Å²) in [7, 11) is 3.08. The number of rotatable bonds is 4. The minimum atomic E-state index is -1.32. The normalized spacial score (nSPS) is 10.4. The maximum Gasteiger partial charge on any atom is 0.329 e. The van der Waals surface area contributed by atoms with Crippen LogP contribution in [0.5, 0.6) is 0 Å². The molecule has 0 aliphatic carbocycles. The molecule has 0 aliphatic rings. The number of carbonyl (C=O) groups is 2. The highest BCUT2D eigenvalue weighted by atomic mass is 16.4. The molecule has 0 fully saturated rings. The summed E-state index contributed by atoms with van der Waals surface area (Å²) >= 11 is 0. The average Bonchev–Trinajstić information content (AvgIpc) is 2.17. The molecule has 0 heterocycles. The monoisotopic (exact) mass is 227 g/mol. The minimum absolute atomic E-state index is 0.104. The molecule has 0 radical (unpaired) electrons. The number of hydrogen-bond acceptors (Lipinski definition) is 3. The Labute approximate surface area is 95.1 Å². The lowest BCUT2D eigenvalue weighted by Crippen LogP contribution is -2.56. The standard InChI is InChI=1S/C10H17N3O3/c1-10(2,8(14)15)13(7-5-6-11)9(16)12(3)4/h5,7H2,1-4H3,(H,14,15). The van der Waals surface area contributed by atoms with E-state index < -0.39 is 17.5 Å². The van der Waals surface area contributed by atoms with Crippen LogP contribution in [0.2, 0.25) is 0 Å². The molecule has 0 aromatic heterocycles. The summed E-state index contributed by atoms with van der Waals surface area (Å²) < 4.78 is 0. The molecule has 6 nitrogen and oxygen atoms in total. The highest BCUT2D eigenvalue weighted by molar-refractivity contribution is 5.85. The lowest BCUT2D eigenvalue weighted by atomic mass is 10.0. The van der Waals surface area contributed by atoms with Gasteiger partial charge in [-0.3, -0.25) is 0 Å². The number of carboxylic acid groups (broad SMARTS) is 1. The second-order valence-electron chi connectivity index (χ2n) is 4.10. The number of nitrogens with zero attached hydrogens (tertiary/aromatic N) is 3. The molecule has 2 amide bonds. The van der Waals surface area contributed by atoms with Gasteiger partial charge in [0.05, 0.1) is 12.5 Å². The van der Waals surface area contributed by atoms with Crippen molar-refractivity contribution in [2.24, 2.45) is 0 Å². The molecule has 1 N–H and O–H groups in total. The number of urea groups is 1. The molecule has 0 rings (SSSR count). The predicted molar refractivity (Wildman–Crippen MR) is 57.7 cm³/mol. The molecule has 0 bridgehead atoms. The van der Waals surface area contributed by atoms with Crippen LogP contribution < -0.4 is 0 Å². The summed E-state index contributed by atoms with van der Waals surface area (Å²) in [5.74, 6) is -1.10. The highest BCUT2D eigenvalue weighted by Gasteiger charge is 2.38. The molecule has 0 saturated carbocycles. The van der Waals surface area contributed by atoms with Crippen molar-refractivity contribution in [1.82, 2.24) is 9.80 Å². The van der Waals surface area contributed by atoms with E-state index in [-0.39, 0.29) is 13.0 Å². The quantitative estimate of drug-likeness (QED) is 0.767. The van der Waals surface area contributed by atoms with Crippen molar-refractivity contribution in [3.05, 3.63) is 0 Å². The van der Waals surface area contributed by atoms with Gasteiger partial charge in [0, 0.05) is 20.6 Å². The number of carbonyl (C=O) groups excluding carboxylic acids is 1. The lowest BCUT2D eigenvalue weighted by Gasteiger charge is -2.36. The maximum absolute atomic E-state index is 11.8. The first-order valence-corrected chi connectivity index (χ1v) is 4.84. The van der Waals surface area contributed by atoms with Crippen molar-refractivity contribution in [1.29, 1.82) is 5.26 Å². The molecule has 0 atom stereocenters. The smallest absolute Gasteiger partial charge is 0.329 e. The van der Waals surface area contributed by atoms with Gasteiger partial charge in [0.1, 0.15) is 5.54 Å². The molecule has 0 unspecified atom stereocenters. The van der Waals surface area contributed by atoms with Crippen molar-refractivity contribution < 1.29 is 14.7 Å². The van der Waals surface area contributed by atoms with Crippen LogP contribution in [0.4, 0.5) is 4.79 Å². The van der Waals surface area contributed by atoms with Gasteiger partial charge in [-0.05, 0) is 13.8 Å². The Hall–Kier alpha value is -1.77. The van der Waals surface area contributed by atoms with Crippen LogP contribution in [-0.2, 0) is 4.79 Å². The second-order valence-corrected chi connectivity index (χ2v) is 4.10. The number of nitriles is 1. The van der Waals surface area contributed by atoms with Crippen LogP contribution in [0.1, 0.15) is 20.3 Å². The van der Waals surface area contributed by atoms with Gasteiger partial charge in [-0.2, -0.15) is 5.26 Å². The van der Waals surface area contributed by atoms with Crippen LogP contribution in [0, 0.1) is 11.3 Å². The van der Waals surface area contributed by atoms with Crippen molar-refractivity contribution in [2.75, 3.05) is 20.6 Å². The Morgan fingerprint density at radius 1 is 1.38 bits per heavy atom. The zero-order valence-electron chi connectivity index (χ0n) is 10.0. The fraction of sp³-hybridized carbons (Fsp3) is 0.700. The molecule has 6 heteroatoms. The number of hydrogen-bond donors (Lipinski definition) is 1. The Balaban J connectivity index is 5.02. The number of amides is 2. The first-order valence-electron chi connectivity index (χ1n) is 4.84. The van der Waals surface area contributed by atoms with E-state index >= 15 is 0 Å². The Morgan fingerprint density at radius 2 is 1.88 bits per heavy atom. The summed E-state index contributed by atoms with van der Waals surface area (Å²) in [6, 6.07) is 1.48. The Morgan fingerprint density at radius 3 is 2.19 bits per heavy atom. The van der Waals surface area contributed by atoms with Gasteiger partial charge in [0.15, 0.2) is 0 Å². The topological polar surface area (TPSA) is 84.6 Å². The van der Waals surface area contributed by atoms with E-state index in [1.807, 2.05) is 6.07 Å². The number of aliphatic carboxylic acids is 1. The molecular weight excluding hydrogens is 210 g/mol. The van der Waals surface area contributed by atoms with Gasteiger partial charge in [-0.15, -0.1) is 0 Å². The third kappa shape index (κ3) is 3.12. The third-order valence-electron chi connectivity index (χ3n) is 2.26. The van der Waals surface area contributed by atoms with E-state index in [1.54, 1.807) is 14.1 Å². The zero-order valence-corrected chi connectivity index (χ0v) is 10.0. The first kappa shape index (κ1) is 14.2. The highest BCUT2D eigenvalue weighted by Crippen LogP contribution is 2.16. The minimum Gasteiger partial charge on any atom is -0.480 e. The summed E-state index contributed by atoms with van der Waals surface area (Å²) in [4.78, 5) is 25.3. The summed E-state index contributed by atoms with van der Waals surface area (Å²) in [5, 5.41) is 17.5.